The third-order valence-electron chi connectivity index (χ3n) is 7.12. The second kappa shape index (κ2) is 10.8. The van der Waals surface area contributed by atoms with Gasteiger partial charge < -0.3 is 19.7 Å². The third-order valence-corrected chi connectivity index (χ3v) is 7.12. The largest absolute Gasteiger partial charge is 0.490 e. The van der Waals surface area contributed by atoms with Crippen LogP contribution in [0.25, 0.3) is 11.3 Å². The smallest absolute Gasteiger partial charge is 0.251 e. The fraction of sp³-hybridized carbons (Fsp3) is 0.433. The van der Waals surface area contributed by atoms with E-state index in [0.29, 0.717) is 29.2 Å². The fourth-order valence-electron chi connectivity index (χ4n) is 5.13. The number of ether oxygens (including phenoxy) is 1. The quantitative estimate of drug-likeness (QED) is 0.446. The van der Waals surface area contributed by atoms with Crippen LogP contribution in [0.1, 0.15) is 74.4 Å². The molecule has 1 saturated carbocycles. The van der Waals surface area contributed by atoms with Crippen LogP contribution in [-0.2, 0) is 6.42 Å². The molecular formula is C30H36N4O3. The number of rotatable bonds is 11. The minimum absolute atomic E-state index is 0.0146. The van der Waals surface area contributed by atoms with Crippen molar-refractivity contribution in [1.82, 2.24) is 14.9 Å². The molecule has 1 aromatic carbocycles. The van der Waals surface area contributed by atoms with E-state index in [1.165, 1.54) is 0 Å². The van der Waals surface area contributed by atoms with Gasteiger partial charge in [0.05, 0.1) is 17.4 Å². The summed E-state index contributed by atoms with van der Waals surface area (Å²) in [4.78, 5) is 17.9. The molecular weight excluding hydrogens is 464 g/mol. The van der Waals surface area contributed by atoms with Crippen molar-refractivity contribution in [3.63, 3.8) is 0 Å². The van der Waals surface area contributed by atoms with E-state index in [2.05, 4.69) is 49.3 Å². The molecule has 0 aliphatic heterocycles. The predicted octanol–water partition coefficient (Wildman–Crippen LogP) is 5.13. The zero-order valence-electron chi connectivity index (χ0n) is 22.1. The number of aromatic nitrogens is 2. The molecule has 3 atom stereocenters. The number of fused-ring (bicyclic) bond motifs is 1. The van der Waals surface area contributed by atoms with Crippen LogP contribution >= 0.6 is 0 Å². The zero-order valence-corrected chi connectivity index (χ0v) is 22.1. The number of hydrogen-bond acceptors (Lipinski definition) is 5. The molecule has 37 heavy (non-hydrogen) atoms. The number of allylic oxidation sites excluding steroid dienone is 5. The number of nitrogens with zero attached hydrogens (tertiary/aromatic N) is 3. The second-order valence-corrected chi connectivity index (χ2v) is 10.4. The van der Waals surface area contributed by atoms with Crippen LogP contribution in [0.3, 0.4) is 0 Å². The van der Waals surface area contributed by atoms with E-state index in [0.717, 1.165) is 42.1 Å². The van der Waals surface area contributed by atoms with Crippen molar-refractivity contribution >= 4 is 17.2 Å². The van der Waals surface area contributed by atoms with Crippen LogP contribution in [0.4, 0.5) is 0 Å². The number of imidazole rings is 1. The topological polar surface area (TPSA) is 100 Å². The molecule has 194 valence electrons. The molecule has 7 nitrogen and oxygen atoms in total. The lowest BCUT2D eigenvalue weighted by Gasteiger charge is -2.24. The number of amides is 1. The number of hydrogen-bond donors (Lipinski definition) is 2. The van der Waals surface area contributed by atoms with Crippen LogP contribution in [0.5, 0.6) is 5.75 Å². The number of carbonyl (C=O) groups is 1. The summed E-state index contributed by atoms with van der Waals surface area (Å²) < 4.78 is 7.71. The first-order valence-corrected chi connectivity index (χ1v) is 13.0. The van der Waals surface area contributed by atoms with Crippen molar-refractivity contribution in [3.8, 4) is 11.8 Å². The van der Waals surface area contributed by atoms with Crippen molar-refractivity contribution in [3.05, 3.63) is 71.8 Å². The Hall–Kier alpha value is -3.63. The Balaban J connectivity index is 1.45. The van der Waals surface area contributed by atoms with E-state index in [4.69, 9.17) is 9.72 Å². The van der Waals surface area contributed by atoms with Gasteiger partial charge >= 0.3 is 0 Å². The van der Waals surface area contributed by atoms with Gasteiger partial charge in [-0.25, -0.2) is 4.98 Å². The lowest BCUT2D eigenvalue weighted by Crippen LogP contribution is -2.37. The average molecular weight is 501 g/mol. The number of aliphatic hydroxyl groups excluding tert-OH is 1. The first kappa shape index (κ1) is 26.4. The van der Waals surface area contributed by atoms with Crippen LogP contribution in [-0.4, -0.2) is 39.3 Å². The standard InChI is InChI=1S/C30H36N4O3/c1-6-28-33-26(18-34(28)19(2)3)21-9-11-30(15-24(30)14-21)16-25(10-12-35)32-29(36)22-7-8-27(37-20(4)5)23(13-22)17-31/h7-9,11,13-14,18,20,24-25,35H,2,6,10,12,15-16H2,1,3-5H3,(H,32,36)/t24?,25-,30?/m1/s1. The van der Waals surface area contributed by atoms with Crippen LogP contribution in [0.2, 0.25) is 0 Å². The number of aryl methyl sites for hydroxylation is 1. The van der Waals surface area contributed by atoms with E-state index in [1.807, 2.05) is 25.3 Å². The molecule has 7 heteroatoms. The highest BCUT2D eigenvalue weighted by molar-refractivity contribution is 5.95. The van der Waals surface area contributed by atoms with Crippen LogP contribution < -0.4 is 10.1 Å². The third kappa shape index (κ3) is 5.70. The van der Waals surface area contributed by atoms with E-state index in [9.17, 15) is 15.2 Å². The summed E-state index contributed by atoms with van der Waals surface area (Å²) in [5.74, 6) is 1.59. The molecule has 1 fully saturated rings. The van der Waals surface area contributed by atoms with Gasteiger partial charge in [0.1, 0.15) is 17.6 Å². The summed E-state index contributed by atoms with van der Waals surface area (Å²) in [5, 5.41) is 22.3. The van der Waals surface area contributed by atoms with Gasteiger partial charge in [-0.3, -0.25) is 4.79 Å². The van der Waals surface area contributed by atoms with Crippen molar-refractivity contribution in [2.45, 2.75) is 65.5 Å². The Labute approximate surface area is 219 Å². The number of carbonyl (C=O) groups excluding carboxylic acids is 1. The molecule has 1 amide bonds. The van der Waals surface area contributed by atoms with Gasteiger partial charge in [0.15, 0.2) is 0 Å². The Morgan fingerprint density at radius 1 is 1.43 bits per heavy atom. The molecule has 1 aromatic heterocycles. The first-order chi connectivity index (χ1) is 17.7. The molecule has 0 bridgehead atoms. The zero-order chi connectivity index (χ0) is 26.7. The molecule has 0 saturated heterocycles. The monoisotopic (exact) mass is 500 g/mol. The summed E-state index contributed by atoms with van der Waals surface area (Å²) in [5.41, 5.74) is 3.73. The molecule has 2 aliphatic carbocycles. The minimum Gasteiger partial charge on any atom is -0.490 e. The fourth-order valence-corrected chi connectivity index (χ4v) is 5.13. The second-order valence-electron chi connectivity index (χ2n) is 10.4. The Kier molecular flexibility index (Phi) is 7.70. The number of nitrogens with one attached hydrogen (secondary N) is 1. The highest BCUT2D eigenvalue weighted by Gasteiger charge is 2.53. The van der Waals surface area contributed by atoms with Crippen LogP contribution in [0, 0.1) is 22.7 Å². The molecule has 2 aromatic rings. The summed E-state index contributed by atoms with van der Waals surface area (Å²) in [6, 6.07) is 6.83. The molecule has 1 heterocycles. The summed E-state index contributed by atoms with van der Waals surface area (Å²) in [6.45, 7) is 11.9. The average Bonchev–Trinajstić information content (AvgIpc) is 3.39. The van der Waals surface area contributed by atoms with Crippen molar-refractivity contribution in [2.75, 3.05) is 6.61 Å². The van der Waals surface area contributed by atoms with Gasteiger partial charge in [-0.05, 0) is 75.1 Å². The van der Waals surface area contributed by atoms with Gasteiger partial charge in [0, 0.05) is 36.5 Å². The van der Waals surface area contributed by atoms with E-state index in [-0.39, 0.29) is 30.1 Å². The highest BCUT2D eigenvalue weighted by Crippen LogP contribution is 2.61. The molecule has 2 unspecified atom stereocenters. The van der Waals surface area contributed by atoms with E-state index < -0.39 is 0 Å². The lowest BCUT2D eigenvalue weighted by molar-refractivity contribution is 0.0923. The van der Waals surface area contributed by atoms with Gasteiger partial charge in [-0.1, -0.05) is 31.7 Å². The van der Waals surface area contributed by atoms with Gasteiger partial charge in [0.2, 0.25) is 0 Å². The molecule has 0 radical (unpaired) electrons. The summed E-state index contributed by atoms with van der Waals surface area (Å²) in [7, 11) is 0. The first-order valence-electron chi connectivity index (χ1n) is 13.0. The number of benzene rings is 1. The maximum absolute atomic E-state index is 13.1. The highest BCUT2D eigenvalue weighted by atomic mass is 16.5. The van der Waals surface area contributed by atoms with E-state index >= 15 is 0 Å². The number of nitriles is 1. The minimum atomic E-state index is -0.256. The SMILES string of the molecule is C=C(C)n1cc(C2=CC3CC3(C[C@@H](CCO)NC(=O)c3ccc(OC(C)C)c(C#N)c3)C=C2)nc1CC. The lowest BCUT2D eigenvalue weighted by atomic mass is 9.87. The van der Waals surface area contributed by atoms with Gasteiger partial charge in [0.25, 0.3) is 5.91 Å². The summed E-state index contributed by atoms with van der Waals surface area (Å²) >= 11 is 0. The Morgan fingerprint density at radius 2 is 2.22 bits per heavy atom. The summed E-state index contributed by atoms with van der Waals surface area (Å²) in [6.07, 6.45) is 11.7. The van der Waals surface area contributed by atoms with Crippen molar-refractivity contribution < 1.29 is 14.6 Å². The maximum atomic E-state index is 13.1. The maximum Gasteiger partial charge on any atom is 0.251 e. The molecule has 4 rings (SSSR count). The Morgan fingerprint density at radius 3 is 2.81 bits per heavy atom. The van der Waals surface area contributed by atoms with Crippen LogP contribution in [0.15, 0.2) is 49.2 Å². The van der Waals surface area contributed by atoms with Gasteiger partial charge in [-0.2, -0.15) is 5.26 Å². The van der Waals surface area contributed by atoms with E-state index in [1.54, 1.807) is 18.2 Å². The molecule has 2 aliphatic rings. The Bertz CT molecular complexity index is 1300. The molecule has 2 N–H and O–H groups in total. The predicted molar refractivity (Wildman–Crippen MR) is 145 cm³/mol. The molecule has 0 spiro atoms. The number of aliphatic hydroxyl groups is 1. The van der Waals surface area contributed by atoms with Crippen molar-refractivity contribution in [2.24, 2.45) is 11.3 Å². The normalized spacial score (nSPS) is 20.6. The van der Waals surface area contributed by atoms with Gasteiger partial charge in [-0.15, -0.1) is 0 Å². The van der Waals surface area contributed by atoms with Crippen molar-refractivity contribution in [1.29, 1.82) is 5.26 Å².